The van der Waals surface area contributed by atoms with Gasteiger partial charge >= 0.3 is 0 Å². The third-order valence-electron chi connectivity index (χ3n) is 1.43. The van der Waals surface area contributed by atoms with Crippen LogP contribution in [0.25, 0.3) is 6.08 Å². The standard InChI is InChI=1S/C10H9N/c1-2-5-9-6-3-4-7-10(9)8-11/h2-7H,1H3/b5-2+. The van der Waals surface area contributed by atoms with Crippen molar-refractivity contribution in [2.45, 2.75) is 6.92 Å². The van der Waals surface area contributed by atoms with E-state index in [0.717, 1.165) is 11.1 Å². The Kier molecular flexibility index (Phi) is 2.46. The zero-order valence-electron chi connectivity index (χ0n) is 6.41. The maximum atomic E-state index is 8.66. The van der Waals surface area contributed by atoms with Crippen molar-refractivity contribution in [1.82, 2.24) is 0 Å². The van der Waals surface area contributed by atoms with Crippen LogP contribution in [-0.2, 0) is 0 Å². The lowest BCUT2D eigenvalue weighted by atomic mass is 10.1. The van der Waals surface area contributed by atoms with Crippen molar-refractivity contribution >= 4 is 6.08 Å². The minimum atomic E-state index is 0.727. The Morgan fingerprint density at radius 2 is 2.09 bits per heavy atom. The molecule has 1 aromatic rings. The van der Waals surface area contributed by atoms with E-state index in [0.29, 0.717) is 0 Å². The molecule has 0 aliphatic carbocycles. The van der Waals surface area contributed by atoms with Gasteiger partial charge in [-0.15, -0.1) is 0 Å². The lowest BCUT2D eigenvalue weighted by molar-refractivity contribution is 1.47. The predicted molar refractivity (Wildman–Crippen MR) is 45.9 cm³/mol. The first-order chi connectivity index (χ1) is 5.38. The van der Waals surface area contributed by atoms with Crippen LogP contribution in [-0.4, -0.2) is 0 Å². The molecule has 0 aliphatic heterocycles. The van der Waals surface area contributed by atoms with Gasteiger partial charge in [-0.2, -0.15) is 5.26 Å². The van der Waals surface area contributed by atoms with Crippen LogP contribution in [0.3, 0.4) is 0 Å². The second kappa shape index (κ2) is 3.58. The quantitative estimate of drug-likeness (QED) is 0.592. The first kappa shape index (κ1) is 7.56. The molecule has 1 nitrogen and oxygen atoms in total. The van der Waals surface area contributed by atoms with Crippen molar-refractivity contribution in [2.24, 2.45) is 0 Å². The van der Waals surface area contributed by atoms with E-state index in [1.807, 2.05) is 43.3 Å². The lowest BCUT2D eigenvalue weighted by Crippen LogP contribution is -1.78. The summed E-state index contributed by atoms with van der Waals surface area (Å²) in [5.74, 6) is 0. The van der Waals surface area contributed by atoms with Crippen molar-refractivity contribution in [3.05, 3.63) is 41.5 Å². The summed E-state index contributed by atoms with van der Waals surface area (Å²) in [6, 6.07) is 9.67. The van der Waals surface area contributed by atoms with E-state index >= 15 is 0 Å². The van der Waals surface area contributed by atoms with Gasteiger partial charge in [0.25, 0.3) is 0 Å². The van der Waals surface area contributed by atoms with Crippen LogP contribution in [0.1, 0.15) is 18.1 Å². The van der Waals surface area contributed by atoms with Gasteiger partial charge in [0.15, 0.2) is 0 Å². The SMILES string of the molecule is C/C=C/c1ccccc1C#N. The van der Waals surface area contributed by atoms with Crippen molar-refractivity contribution in [3.8, 4) is 6.07 Å². The van der Waals surface area contributed by atoms with E-state index in [1.54, 1.807) is 0 Å². The lowest BCUT2D eigenvalue weighted by Gasteiger charge is -1.93. The first-order valence-corrected chi connectivity index (χ1v) is 3.50. The van der Waals surface area contributed by atoms with Crippen LogP contribution in [0.15, 0.2) is 30.3 Å². The van der Waals surface area contributed by atoms with Gasteiger partial charge < -0.3 is 0 Å². The van der Waals surface area contributed by atoms with E-state index in [-0.39, 0.29) is 0 Å². The van der Waals surface area contributed by atoms with Gasteiger partial charge in [-0.25, -0.2) is 0 Å². The number of allylic oxidation sites excluding steroid dienone is 1. The third-order valence-corrected chi connectivity index (χ3v) is 1.43. The number of hydrogen-bond donors (Lipinski definition) is 0. The van der Waals surface area contributed by atoms with Crippen molar-refractivity contribution < 1.29 is 0 Å². The maximum absolute atomic E-state index is 8.66. The first-order valence-electron chi connectivity index (χ1n) is 3.50. The zero-order chi connectivity index (χ0) is 8.10. The molecule has 0 saturated carbocycles. The number of rotatable bonds is 1. The highest BCUT2D eigenvalue weighted by Crippen LogP contribution is 2.08. The Hall–Kier alpha value is -1.55. The molecule has 0 unspecified atom stereocenters. The minimum Gasteiger partial charge on any atom is -0.192 e. The Balaban J connectivity index is 3.15. The summed E-state index contributed by atoms with van der Waals surface area (Å²) in [5.41, 5.74) is 1.71. The van der Waals surface area contributed by atoms with E-state index < -0.39 is 0 Å². The topological polar surface area (TPSA) is 23.8 Å². The van der Waals surface area contributed by atoms with Gasteiger partial charge in [0.2, 0.25) is 0 Å². The fourth-order valence-corrected chi connectivity index (χ4v) is 0.924. The fourth-order valence-electron chi connectivity index (χ4n) is 0.924. The Morgan fingerprint density at radius 3 is 2.73 bits per heavy atom. The highest BCUT2D eigenvalue weighted by Gasteiger charge is 1.93. The van der Waals surface area contributed by atoms with Gasteiger partial charge in [-0.1, -0.05) is 30.4 Å². The molecule has 0 N–H and O–H groups in total. The molecule has 11 heavy (non-hydrogen) atoms. The summed E-state index contributed by atoms with van der Waals surface area (Å²) in [6.07, 6.45) is 3.86. The third kappa shape index (κ3) is 1.68. The molecule has 0 amide bonds. The maximum Gasteiger partial charge on any atom is 0.0997 e. The van der Waals surface area contributed by atoms with Gasteiger partial charge in [0.1, 0.15) is 0 Å². The van der Waals surface area contributed by atoms with Crippen molar-refractivity contribution in [1.29, 1.82) is 5.26 Å². The van der Waals surface area contributed by atoms with E-state index in [2.05, 4.69) is 6.07 Å². The van der Waals surface area contributed by atoms with Gasteiger partial charge in [-0.05, 0) is 18.6 Å². The zero-order valence-corrected chi connectivity index (χ0v) is 6.41. The van der Waals surface area contributed by atoms with Gasteiger partial charge in [0, 0.05) is 0 Å². The summed E-state index contributed by atoms with van der Waals surface area (Å²) in [6.45, 7) is 1.94. The van der Waals surface area contributed by atoms with Crippen molar-refractivity contribution in [2.75, 3.05) is 0 Å². The number of hydrogen-bond acceptors (Lipinski definition) is 1. The minimum absolute atomic E-state index is 0.727. The van der Waals surface area contributed by atoms with E-state index in [1.165, 1.54) is 0 Å². The summed E-state index contributed by atoms with van der Waals surface area (Å²) < 4.78 is 0. The predicted octanol–water partition coefficient (Wildman–Crippen LogP) is 2.59. The number of nitriles is 1. The summed E-state index contributed by atoms with van der Waals surface area (Å²) >= 11 is 0. The molecule has 1 aromatic carbocycles. The normalized spacial score (nSPS) is 9.82. The largest absolute Gasteiger partial charge is 0.192 e. The highest BCUT2D eigenvalue weighted by atomic mass is 14.2. The fraction of sp³-hybridized carbons (Fsp3) is 0.100. The Bertz CT molecular complexity index is 305. The smallest absolute Gasteiger partial charge is 0.0997 e. The summed E-state index contributed by atoms with van der Waals surface area (Å²) in [5, 5.41) is 8.66. The average molecular weight is 143 g/mol. The van der Waals surface area contributed by atoms with Crippen molar-refractivity contribution in [3.63, 3.8) is 0 Å². The molecule has 0 heterocycles. The molecule has 0 atom stereocenters. The summed E-state index contributed by atoms with van der Waals surface area (Å²) in [4.78, 5) is 0. The molecular weight excluding hydrogens is 134 g/mol. The Labute approximate surface area is 66.6 Å². The second-order valence-corrected chi connectivity index (χ2v) is 2.20. The molecule has 1 rings (SSSR count). The molecule has 0 saturated heterocycles. The second-order valence-electron chi connectivity index (χ2n) is 2.20. The van der Waals surface area contributed by atoms with Crippen LogP contribution in [0.4, 0.5) is 0 Å². The highest BCUT2D eigenvalue weighted by molar-refractivity contribution is 5.57. The number of nitrogens with zero attached hydrogens (tertiary/aromatic N) is 1. The molecule has 0 fully saturated rings. The monoisotopic (exact) mass is 143 g/mol. The molecule has 1 heteroatoms. The molecule has 54 valence electrons. The van der Waals surface area contributed by atoms with E-state index in [9.17, 15) is 0 Å². The van der Waals surface area contributed by atoms with Gasteiger partial charge in [-0.3, -0.25) is 0 Å². The molecule has 0 radical (unpaired) electrons. The molecule has 0 aliphatic rings. The number of benzene rings is 1. The van der Waals surface area contributed by atoms with E-state index in [4.69, 9.17) is 5.26 Å². The van der Waals surface area contributed by atoms with Gasteiger partial charge in [0.05, 0.1) is 11.6 Å². The molecule has 0 bridgehead atoms. The van der Waals surface area contributed by atoms with Crippen LogP contribution < -0.4 is 0 Å². The molecule has 0 aromatic heterocycles. The average Bonchev–Trinajstić information content (AvgIpc) is 2.06. The molecular formula is C10H9N. The van der Waals surface area contributed by atoms with Crippen LogP contribution in [0.5, 0.6) is 0 Å². The van der Waals surface area contributed by atoms with Crippen LogP contribution >= 0.6 is 0 Å². The summed E-state index contributed by atoms with van der Waals surface area (Å²) in [7, 11) is 0. The van der Waals surface area contributed by atoms with Crippen LogP contribution in [0, 0.1) is 11.3 Å². The van der Waals surface area contributed by atoms with Crippen LogP contribution in [0.2, 0.25) is 0 Å². The molecule has 0 spiro atoms. The Morgan fingerprint density at radius 1 is 1.36 bits per heavy atom.